The molecule has 0 saturated heterocycles. The molecule has 130 valence electrons. The van der Waals surface area contributed by atoms with Crippen molar-refractivity contribution in [3.63, 3.8) is 0 Å². The Kier molecular flexibility index (Phi) is 6.45. The zero-order valence-corrected chi connectivity index (χ0v) is 14.0. The zero-order valence-electron chi connectivity index (χ0n) is 13.3. The minimum Gasteiger partial charge on any atom is -0.492 e. The lowest BCUT2D eigenvalue weighted by Crippen LogP contribution is -2.31. The number of β-amino-alcohol motifs (C(OH)–C–C–N with tert-alkyl or cyclic N) is 1. The van der Waals surface area contributed by atoms with Crippen LogP contribution in [-0.4, -0.2) is 61.2 Å². The van der Waals surface area contributed by atoms with Gasteiger partial charge in [0, 0.05) is 18.3 Å². The van der Waals surface area contributed by atoms with Crippen molar-refractivity contribution >= 4 is 29.2 Å². The molecule has 0 radical (unpaired) electrons. The molecule has 0 atom stereocenters. The van der Waals surface area contributed by atoms with Crippen LogP contribution in [0.5, 0.6) is 5.75 Å². The summed E-state index contributed by atoms with van der Waals surface area (Å²) >= 11 is 5.59. The standard InChI is InChI=1S/C16H19ClN2O5/c1-23-16(22)13-10-19(6-7-20)15(21)14(13)18-11-3-2-4-12(9-11)24-8-5-17/h2-4,9,18,20H,5-8,10H2,1H3. The second-order valence-electron chi connectivity index (χ2n) is 4.99. The third-order valence-corrected chi connectivity index (χ3v) is 3.56. The molecule has 0 bridgehead atoms. The maximum atomic E-state index is 12.4. The van der Waals surface area contributed by atoms with Crippen LogP contribution in [0, 0.1) is 0 Å². The lowest BCUT2D eigenvalue weighted by molar-refractivity contribution is -0.136. The summed E-state index contributed by atoms with van der Waals surface area (Å²) < 4.78 is 10.2. The van der Waals surface area contributed by atoms with Crippen LogP contribution in [0.25, 0.3) is 0 Å². The predicted molar refractivity (Wildman–Crippen MR) is 89.0 cm³/mol. The fraction of sp³-hybridized carbons (Fsp3) is 0.375. The fourth-order valence-corrected chi connectivity index (χ4v) is 2.39. The van der Waals surface area contributed by atoms with E-state index in [4.69, 9.17) is 26.2 Å². The van der Waals surface area contributed by atoms with E-state index in [1.54, 1.807) is 24.3 Å². The molecule has 7 nitrogen and oxygen atoms in total. The first kappa shape index (κ1) is 18.1. The van der Waals surface area contributed by atoms with Gasteiger partial charge in [0.2, 0.25) is 0 Å². The molecule has 0 aliphatic carbocycles. The number of nitrogens with one attached hydrogen (secondary N) is 1. The number of anilines is 1. The van der Waals surface area contributed by atoms with E-state index in [0.717, 1.165) is 0 Å². The van der Waals surface area contributed by atoms with E-state index in [0.29, 0.717) is 23.9 Å². The monoisotopic (exact) mass is 354 g/mol. The predicted octanol–water partition coefficient (Wildman–Crippen LogP) is 0.978. The number of hydrogen-bond donors (Lipinski definition) is 2. The zero-order chi connectivity index (χ0) is 17.5. The van der Waals surface area contributed by atoms with Crippen molar-refractivity contribution in [2.75, 3.05) is 44.6 Å². The fourth-order valence-electron chi connectivity index (χ4n) is 2.31. The van der Waals surface area contributed by atoms with Crippen molar-refractivity contribution in [1.29, 1.82) is 0 Å². The van der Waals surface area contributed by atoms with Gasteiger partial charge in [0.25, 0.3) is 5.91 Å². The van der Waals surface area contributed by atoms with E-state index in [1.807, 2.05) is 0 Å². The van der Waals surface area contributed by atoms with Gasteiger partial charge in [-0.3, -0.25) is 4.79 Å². The average molecular weight is 355 g/mol. The molecule has 1 aromatic carbocycles. The largest absolute Gasteiger partial charge is 0.492 e. The van der Waals surface area contributed by atoms with Crippen molar-refractivity contribution in [3.05, 3.63) is 35.5 Å². The first-order chi connectivity index (χ1) is 11.6. The number of hydrogen-bond acceptors (Lipinski definition) is 6. The van der Waals surface area contributed by atoms with Gasteiger partial charge in [-0.1, -0.05) is 6.07 Å². The highest BCUT2D eigenvalue weighted by Gasteiger charge is 2.34. The second-order valence-corrected chi connectivity index (χ2v) is 5.36. The third-order valence-electron chi connectivity index (χ3n) is 3.40. The minimum atomic E-state index is -0.583. The molecular formula is C16H19ClN2O5. The molecule has 0 aromatic heterocycles. The third kappa shape index (κ3) is 4.18. The molecule has 1 aliphatic heterocycles. The quantitative estimate of drug-likeness (QED) is 0.534. The second kappa shape index (κ2) is 8.56. The Labute approximate surface area is 144 Å². The minimum absolute atomic E-state index is 0.0941. The summed E-state index contributed by atoms with van der Waals surface area (Å²) in [5.41, 5.74) is 0.963. The van der Waals surface area contributed by atoms with Crippen molar-refractivity contribution in [3.8, 4) is 5.75 Å². The molecule has 8 heteroatoms. The van der Waals surface area contributed by atoms with Gasteiger partial charge in [-0.15, -0.1) is 11.6 Å². The van der Waals surface area contributed by atoms with Gasteiger partial charge in [-0.05, 0) is 12.1 Å². The Hall–Kier alpha value is -2.25. The van der Waals surface area contributed by atoms with Crippen molar-refractivity contribution < 1.29 is 24.2 Å². The highest BCUT2D eigenvalue weighted by atomic mass is 35.5. The van der Waals surface area contributed by atoms with Crippen molar-refractivity contribution in [2.24, 2.45) is 0 Å². The van der Waals surface area contributed by atoms with Gasteiger partial charge in [-0.2, -0.15) is 0 Å². The van der Waals surface area contributed by atoms with E-state index in [1.165, 1.54) is 12.0 Å². The van der Waals surface area contributed by atoms with Gasteiger partial charge >= 0.3 is 5.97 Å². The maximum Gasteiger partial charge on any atom is 0.337 e. The van der Waals surface area contributed by atoms with Crippen LogP contribution in [0.1, 0.15) is 0 Å². The van der Waals surface area contributed by atoms with Crippen LogP contribution in [0.2, 0.25) is 0 Å². The number of rotatable bonds is 8. The summed E-state index contributed by atoms with van der Waals surface area (Å²) in [6.07, 6.45) is 0. The van der Waals surface area contributed by atoms with E-state index >= 15 is 0 Å². The summed E-state index contributed by atoms with van der Waals surface area (Å²) in [5, 5.41) is 12.0. The highest BCUT2D eigenvalue weighted by molar-refractivity contribution is 6.18. The molecule has 1 amide bonds. The molecular weight excluding hydrogens is 336 g/mol. The number of carbonyl (C=O) groups excluding carboxylic acids is 2. The highest BCUT2D eigenvalue weighted by Crippen LogP contribution is 2.24. The summed E-state index contributed by atoms with van der Waals surface area (Å²) in [7, 11) is 1.26. The van der Waals surface area contributed by atoms with Crippen LogP contribution in [0.3, 0.4) is 0 Å². The first-order valence-corrected chi connectivity index (χ1v) is 7.91. The van der Waals surface area contributed by atoms with Crippen molar-refractivity contribution in [1.82, 2.24) is 4.90 Å². The molecule has 1 aliphatic rings. The Morgan fingerprint density at radius 3 is 2.92 bits per heavy atom. The Balaban J connectivity index is 2.23. The van der Waals surface area contributed by atoms with E-state index in [2.05, 4.69) is 5.32 Å². The SMILES string of the molecule is COC(=O)C1=C(Nc2cccc(OCCCl)c2)C(=O)N(CCO)C1. The molecule has 0 unspecified atom stereocenters. The maximum absolute atomic E-state index is 12.4. The molecule has 0 fully saturated rings. The van der Waals surface area contributed by atoms with Crippen LogP contribution in [0.4, 0.5) is 5.69 Å². The Morgan fingerprint density at radius 1 is 1.46 bits per heavy atom. The smallest absolute Gasteiger partial charge is 0.337 e. The molecule has 0 spiro atoms. The summed E-state index contributed by atoms with van der Waals surface area (Å²) in [4.78, 5) is 25.7. The Morgan fingerprint density at radius 2 is 2.25 bits per heavy atom. The van der Waals surface area contributed by atoms with Gasteiger partial charge in [0.1, 0.15) is 18.1 Å². The normalized spacial score (nSPS) is 14.1. The molecule has 1 aromatic rings. The molecule has 0 saturated carbocycles. The molecule has 24 heavy (non-hydrogen) atoms. The number of amides is 1. The number of halogens is 1. The first-order valence-electron chi connectivity index (χ1n) is 7.38. The Bertz CT molecular complexity index is 647. The number of esters is 1. The number of carbonyl (C=O) groups is 2. The number of ether oxygens (including phenoxy) is 2. The number of nitrogens with zero attached hydrogens (tertiary/aromatic N) is 1. The number of alkyl halides is 1. The van der Waals surface area contributed by atoms with Crippen LogP contribution in [-0.2, 0) is 14.3 Å². The van der Waals surface area contributed by atoms with Crippen LogP contribution >= 0.6 is 11.6 Å². The van der Waals surface area contributed by atoms with Gasteiger partial charge < -0.3 is 24.8 Å². The van der Waals surface area contributed by atoms with Gasteiger partial charge in [-0.25, -0.2) is 4.79 Å². The number of methoxy groups -OCH3 is 1. The molecule has 2 N–H and O–H groups in total. The summed E-state index contributed by atoms with van der Waals surface area (Å²) in [5.74, 6) is 0.0140. The van der Waals surface area contributed by atoms with Gasteiger partial charge in [0.05, 0.1) is 31.7 Å². The number of aliphatic hydroxyl groups is 1. The topological polar surface area (TPSA) is 88.1 Å². The van der Waals surface area contributed by atoms with Crippen molar-refractivity contribution in [2.45, 2.75) is 0 Å². The molecule has 1 heterocycles. The molecule has 2 rings (SSSR count). The number of benzene rings is 1. The summed E-state index contributed by atoms with van der Waals surface area (Å²) in [6.45, 7) is 0.416. The van der Waals surface area contributed by atoms with Crippen LogP contribution < -0.4 is 10.1 Å². The van der Waals surface area contributed by atoms with Gasteiger partial charge in [0.15, 0.2) is 0 Å². The lowest BCUT2D eigenvalue weighted by Gasteiger charge is -2.15. The number of aliphatic hydroxyl groups excluding tert-OH is 1. The van der Waals surface area contributed by atoms with E-state index in [-0.39, 0.29) is 36.9 Å². The van der Waals surface area contributed by atoms with E-state index in [9.17, 15) is 9.59 Å². The average Bonchev–Trinajstić information content (AvgIpc) is 2.89. The summed E-state index contributed by atoms with van der Waals surface area (Å²) in [6, 6.07) is 6.98. The lowest BCUT2D eigenvalue weighted by atomic mass is 10.2. The van der Waals surface area contributed by atoms with Crippen LogP contribution in [0.15, 0.2) is 35.5 Å². The van der Waals surface area contributed by atoms with E-state index < -0.39 is 5.97 Å².